The van der Waals surface area contributed by atoms with E-state index in [1.165, 1.54) is 18.5 Å². The van der Waals surface area contributed by atoms with Gasteiger partial charge in [-0.3, -0.25) is 4.79 Å². The summed E-state index contributed by atoms with van der Waals surface area (Å²) in [5, 5.41) is 0. The van der Waals surface area contributed by atoms with Gasteiger partial charge in [0.1, 0.15) is 6.33 Å². The molecule has 34 heavy (non-hydrogen) atoms. The van der Waals surface area contributed by atoms with Crippen molar-refractivity contribution in [2.45, 2.75) is 70.9 Å². The van der Waals surface area contributed by atoms with Crippen LogP contribution >= 0.6 is 0 Å². The number of aromatic nitrogens is 2. The first-order valence-corrected chi connectivity index (χ1v) is 11.2. The number of rotatable bonds is 7. The highest BCUT2D eigenvalue weighted by atomic mass is 19.4. The van der Waals surface area contributed by atoms with Gasteiger partial charge in [-0.15, -0.1) is 0 Å². The summed E-state index contributed by atoms with van der Waals surface area (Å²) in [5.74, 6) is -2.04. The van der Waals surface area contributed by atoms with E-state index in [2.05, 4.69) is 9.97 Å². The number of amides is 1. The minimum atomic E-state index is -4.42. The Morgan fingerprint density at radius 1 is 1.21 bits per heavy atom. The summed E-state index contributed by atoms with van der Waals surface area (Å²) < 4.78 is 60.2. The molecule has 0 bridgehead atoms. The second kappa shape index (κ2) is 9.85. The lowest BCUT2D eigenvalue weighted by Gasteiger charge is -2.30. The molecule has 0 aliphatic carbocycles. The number of hydrogen-bond acceptors (Lipinski definition) is 5. The van der Waals surface area contributed by atoms with Crippen LogP contribution in [0.4, 0.5) is 23.4 Å². The lowest BCUT2D eigenvalue weighted by atomic mass is 9.95. The molecule has 3 rings (SSSR count). The number of carbonyl (C=O) groups excluding carboxylic acids is 1. The predicted octanol–water partition coefficient (Wildman–Crippen LogP) is 4.82. The Bertz CT molecular complexity index is 1010. The third-order valence-corrected chi connectivity index (χ3v) is 5.88. The van der Waals surface area contributed by atoms with Crippen LogP contribution in [-0.4, -0.2) is 34.1 Å². The maximum Gasteiger partial charge on any atom is 0.416 e. The van der Waals surface area contributed by atoms with Gasteiger partial charge >= 0.3 is 6.18 Å². The van der Waals surface area contributed by atoms with Crippen LogP contribution in [0.3, 0.4) is 0 Å². The number of alkyl halides is 3. The van der Waals surface area contributed by atoms with Gasteiger partial charge < -0.3 is 15.4 Å². The molecule has 1 aliphatic rings. The van der Waals surface area contributed by atoms with Crippen molar-refractivity contribution in [3.63, 3.8) is 0 Å². The average molecular weight is 483 g/mol. The van der Waals surface area contributed by atoms with E-state index in [0.717, 1.165) is 18.6 Å². The highest BCUT2D eigenvalue weighted by Gasteiger charge is 2.34. The minimum absolute atomic E-state index is 0.0382. The largest absolute Gasteiger partial charge is 0.416 e. The van der Waals surface area contributed by atoms with Crippen molar-refractivity contribution < 1.29 is 27.1 Å². The molecule has 1 aromatic carbocycles. The van der Waals surface area contributed by atoms with E-state index in [0.29, 0.717) is 18.5 Å². The van der Waals surface area contributed by atoms with E-state index >= 15 is 4.39 Å². The molecular formula is C24H30F4N4O2. The number of nitrogens with zero attached hydrogens (tertiary/aromatic N) is 3. The molecular weight excluding hydrogens is 452 g/mol. The highest BCUT2D eigenvalue weighted by molar-refractivity contribution is 5.77. The van der Waals surface area contributed by atoms with Crippen LogP contribution in [0.15, 0.2) is 30.6 Å². The van der Waals surface area contributed by atoms with Crippen molar-refractivity contribution in [1.29, 1.82) is 0 Å². The first-order chi connectivity index (χ1) is 15.8. The van der Waals surface area contributed by atoms with Crippen molar-refractivity contribution in [1.82, 2.24) is 9.97 Å². The summed E-state index contributed by atoms with van der Waals surface area (Å²) in [6.45, 7) is 7.74. The molecule has 0 spiro atoms. The molecule has 2 heterocycles. The number of carbonyl (C=O) groups is 1. The zero-order valence-electron chi connectivity index (χ0n) is 19.7. The topological polar surface area (TPSA) is 81.3 Å². The van der Waals surface area contributed by atoms with Crippen molar-refractivity contribution in [3.05, 3.63) is 53.2 Å². The second-order valence-electron chi connectivity index (χ2n) is 9.58. The lowest BCUT2D eigenvalue weighted by Crippen LogP contribution is -2.39. The SMILES string of the molecule is CC(OC(C)(C)C)C(Cc1ncnc(N2CCCC2c2ccc(C(F)(F)F)cc2)c1F)C(N)=O. The molecule has 1 aromatic heterocycles. The Morgan fingerprint density at radius 2 is 1.85 bits per heavy atom. The van der Waals surface area contributed by atoms with Gasteiger partial charge in [-0.2, -0.15) is 13.2 Å². The third-order valence-electron chi connectivity index (χ3n) is 5.88. The fraction of sp³-hybridized carbons (Fsp3) is 0.542. The first-order valence-electron chi connectivity index (χ1n) is 11.2. The normalized spacial score (nSPS) is 18.7. The molecule has 10 heteroatoms. The monoisotopic (exact) mass is 482 g/mol. The number of benzene rings is 1. The van der Waals surface area contributed by atoms with Gasteiger partial charge in [-0.25, -0.2) is 14.4 Å². The van der Waals surface area contributed by atoms with Gasteiger partial charge in [0.15, 0.2) is 11.6 Å². The molecule has 1 fully saturated rings. The Balaban J connectivity index is 1.86. The molecule has 2 aromatic rings. The number of halogens is 4. The van der Waals surface area contributed by atoms with Crippen LogP contribution in [0, 0.1) is 11.7 Å². The summed E-state index contributed by atoms with van der Waals surface area (Å²) in [6, 6.07) is 4.57. The van der Waals surface area contributed by atoms with E-state index < -0.39 is 41.1 Å². The van der Waals surface area contributed by atoms with Gasteiger partial charge in [-0.05, 0) is 58.2 Å². The van der Waals surface area contributed by atoms with Gasteiger partial charge in [0.2, 0.25) is 5.91 Å². The maximum absolute atomic E-state index is 15.6. The van der Waals surface area contributed by atoms with E-state index in [1.54, 1.807) is 11.8 Å². The van der Waals surface area contributed by atoms with Crippen LogP contribution in [-0.2, 0) is 22.1 Å². The van der Waals surface area contributed by atoms with E-state index in [9.17, 15) is 18.0 Å². The highest BCUT2D eigenvalue weighted by Crippen LogP contribution is 2.38. The molecule has 1 aliphatic heterocycles. The quantitative estimate of drug-likeness (QED) is 0.572. The molecule has 1 amide bonds. The van der Waals surface area contributed by atoms with E-state index in [4.69, 9.17) is 10.5 Å². The second-order valence-corrected chi connectivity index (χ2v) is 9.58. The molecule has 6 nitrogen and oxygen atoms in total. The molecule has 3 atom stereocenters. The molecule has 1 saturated heterocycles. The van der Waals surface area contributed by atoms with Gasteiger partial charge in [0, 0.05) is 13.0 Å². The molecule has 186 valence electrons. The smallest absolute Gasteiger partial charge is 0.372 e. The third kappa shape index (κ3) is 6.02. The Kier molecular flexibility index (Phi) is 7.50. The van der Waals surface area contributed by atoms with Crippen LogP contribution < -0.4 is 10.6 Å². The van der Waals surface area contributed by atoms with Gasteiger partial charge in [-0.1, -0.05) is 12.1 Å². The van der Waals surface area contributed by atoms with Crippen LogP contribution in [0.25, 0.3) is 0 Å². The Labute approximate surface area is 196 Å². The number of ether oxygens (including phenoxy) is 1. The average Bonchev–Trinajstić information content (AvgIpc) is 3.20. The van der Waals surface area contributed by atoms with Crippen molar-refractivity contribution in [2.24, 2.45) is 11.7 Å². The maximum atomic E-state index is 15.6. The van der Waals surface area contributed by atoms with Crippen LogP contribution in [0.1, 0.15) is 63.4 Å². The van der Waals surface area contributed by atoms with Crippen molar-refractivity contribution >= 4 is 11.7 Å². The summed E-state index contributed by atoms with van der Waals surface area (Å²) >= 11 is 0. The number of hydrogen-bond donors (Lipinski definition) is 1. The van der Waals surface area contributed by atoms with E-state index in [-0.39, 0.29) is 24.0 Å². The fourth-order valence-corrected chi connectivity index (χ4v) is 4.35. The van der Waals surface area contributed by atoms with E-state index in [1.807, 2.05) is 20.8 Å². The number of anilines is 1. The van der Waals surface area contributed by atoms with Crippen LogP contribution in [0.5, 0.6) is 0 Å². The Morgan fingerprint density at radius 3 is 2.41 bits per heavy atom. The van der Waals surface area contributed by atoms with Gasteiger partial charge in [0.25, 0.3) is 0 Å². The Hall–Kier alpha value is -2.75. The number of primary amides is 1. The summed E-state index contributed by atoms with van der Waals surface area (Å²) in [6.07, 6.45) is -2.46. The van der Waals surface area contributed by atoms with Crippen molar-refractivity contribution in [2.75, 3.05) is 11.4 Å². The van der Waals surface area contributed by atoms with Crippen LogP contribution in [0.2, 0.25) is 0 Å². The first kappa shape index (κ1) is 25.9. The fourth-order valence-electron chi connectivity index (χ4n) is 4.35. The van der Waals surface area contributed by atoms with Crippen molar-refractivity contribution in [3.8, 4) is 0 Å². The summed E-state index contributed by atoms with van der Waals surface area (Å²) in [7, 11) is 0. The number of nitrogens with two attached hydrogens (primary N) is 1. The lowest BCUT2D eigenvalue weighted by molar-refractivity contribution is -0.137. The molecule has 2 N–H and O–H groups in total. The zero-order valence-corrected chi connectivity index (χ0v) is 19.7. The standard InChI is InChI=1S/C24H30F4N4O2/c1-14(34-23(2,3)4)17(21(29)33)12-18-20(25)22(31-13-30-18)32-11-5-6-19(32)15-7-9-16(10-8-15)24(26,27)28/h7-10,13-14,17,19H,5-6,11-12H2,1-4H3,(H2,29,33). The summed E-state index contributed by atoms with van der Waals surface area (Å²) in [4.78, 5) is 22.0. The minimum Gasteiger partial charge on any atom is -0.372 e. The zero-order chi connectivity index (χ0) is 25.3. The van der Waals surface area contributed by atoms with Gasteiger partial charge in [0.05, 0.1) is 34.9 Å². The molecule has 0 saturated carbocycles. The molecule has 0 radical (unpaired) electrons. The summed E-state index contributed by atoms with van der Waals surface area (Å²) in [5.41, 5.74) is 5.01. The predicted molar refractivity (Wildman–Crippen MR) is 119 cm³/mol. The molecule has 3 unspecified atom stereocenters.